The smallest absolute Gasteiger partial charge is 0.373 e. The predicted molar refractivity (Wildman–Crippen MR) is 61.0 cm³/mol. The molecule has 0 aliphatic heterocycles. The maximum atomic E-state index is 12.7. The first-order valence-electron chi connectivity index (χ1n) is 5.16. The average Bonchev–Trinajstić information content (AvgIpc) is 2.74. The lowest BCUT2D eigenvalue weighted by molar-refractivity contribution is -0.137. The number of nitrogens with one attached hydrogen (secondary N) is 1. The van der Waals surface area contributed by atoms with E-state index in [1.807, 2.05) is 0 Å². The maximum absolute atomic E-state index is 12.7. The lowest BCUT2D eigenvalue weighted by Gasteiger charge is -2.10. The van der Waals surface area contributed by atoms with Gasteiger partial charge < -0.3 is 5.32 Å². The van der Waals surface area contributed by atoms with Crippen molar-refractivity contribution in [2.45, 2.75) is 6.18 Å². The van der Waals surface area contributed by atoms with Crippen molar-refractivity contribution in [3.8, 4) is 11.3 Å². The Labute approximate surface area is 101 Å². The quantitative estimate of drug-likeness (QED) is 0.897. The molecule has 0 aromatic carbocycles. The van der Waals surface area contributed by atoms with Crippen LogP contribution in [0.4, 0.5) is 19.0 Å². The number of rotatable bonds is 2. The third kappa shape index (κ3) is 2.44. The summed E-state index contributed by atoms with van der Waals surface area (Å²) in [7, 11) is 3.21. The summed E-state index contributed by atoms with van der Waals surface area (Å²) in [4.78, 5) is 4.08. The van der Waals surface area contributed by atoms with Gasteiger partial charge in [-0.3, -0.25) is 4.68 Å². The number of aromatic nitrogens is 3. The van der Waals surface area contributed by atoms with Crippen molar-refractivity contribution in [2.75, 3.05) is 12.4 Å². The lowest BCUT2D eigenvalue weighted by Crippen LogP contribution is -2.07. The van der Waals surface area contributed by atoms with Crippen LogP contribution in [0.3, 0.4) is 0 Å². The van der Waals surface area contributed by atoms with Crippen molar-refractivity contribution < 1.29 is 13.2 Å². The molecule has 7 heteroatoms. The Morgan fingerprint density at radius 1 is 1.28 bits per heavy atom. The molecular formula is C11H11F3N4. The molecular weight excluding hydrogens is 245 g/mol. The molecule has 0 radical (unpaired) electrons. The second kappa shape index (κ2) is 4.32. The van der Waals surface area contributed by atoms with E-state index in [9.17, 15) is 13.2 Å². The van der Waals surface area contributed by atoms with Crippen molar-refractivity contribution in [3.63, 3.8) is 0 Å². The highest BCUT2D eigenvalue weighted by Crippen LogP contribution is 2.33. The second-order valence-electron chi connectivity index (χ2n) is 3.78. The van der Waals surface area contributed by atoms with E-state index in [0.717, 1.165) is 12.1 Å². The summed E-state index contributed by atoms with van der Waals surface area (Å²) in [6.07, 6.45) is -1.31. The van der Waals surface area contributed by atoms with E-state index in [1.165, 1.54) is 17.9 Å². The van der Waals surface area contributed by atoms with Crippen LogP contribution in [-0.4, -0.2) is 21.8 Å². The van der Waals surface area contributed by atoms with Gasteiger partial charge in [-0.1, -0.05) is 0 Å². The van der Waals surface area contributed by atoms with Crippen molar-refractivity contribution in [1.29, 1.82) is 0 Å². The van der Waals surface area contributed by atoms with Crippen molar-refractivity contribution in [3.05, 3.63) is 30.1 Å². The Balaban J connectivity index is 2.54. The van der Waals surface area contributed by atoms with E-state index in [0.29, 0.717) is 5.56 Å². The molecule has 0 bridgehead atoms. The van der Waals surface area contributed by atoms with E-state index < -0.39 is 11.7 Å². The van der Waals surface area contributed by atoms with Gasteiger partial charge >= 0.3 is 6.18 Å². The number of nitrogens with zero attached hydrogens (tertiary/aromatic N) is 3. The van der Waals surface area contributed by atoms with Gasteiger partial charge in [-0.2, -0.15) is 18.3 Å². The van der Waals surface area contributed by atoms with Gasteiger partial charge in [-0.15, -0.1) is 0 Å². The molecule has 0 aliphatic rings. The van der Waals surface area contributed by atoms with Crippen molar-refractivity contribution in [1.82, 2.24) is 14.8 Å². The van der Waals surface area contributed by atoms with Crippen molar-refractivity contribution >= 4 is 5.82 Å². The summed E-state index contributed by atoms with van der Waals surface area (Å²) in [5.74, 6) is 0.170. The molecule has 0 atom stereocenters. The Kier molecular flexibility index (Phi) is 2.98. The summed E-state index contributed by atoms with van der Waals surface area (Å²) >= 11 is 0. The molecule has 0 saturated heterocycles. The molecule has 4 nitrogen and oxygen atoms in total. The Morgan fingerprint density at radius 3 is 2.50 bits per heavy atom. The largest absolute Gasteiger partial charge is 0.416 e. The number of halogens is 3. The molecule has 2 aromatic heterocycles. The van der Waals surface area contributed by atoms with Crippen LogP contribution in [-0.2, 0) is 13.2 Å². The predicted octanol–water partition coefficient (Wildman–Crippen LogP) is 2.54. The van der Waals surface area contributed by atoms with Gasteiger partial charge in [-0.05, 0) is 12.1 Å². The molecule has 18 heavy (non-hydrogen) atoms. The Morgan fingerprint density at radius 2 is 2.00 bits per heavy atom. The van der Waals surface area contributed by atoms with E-state index >= 15 is 0 Å². The molecule has 0 spiro atoms. The number of pyridine rings is 1. The van der Waals surface area contributed by atoms with E-state index in [4.69, 9.17) is 0 Å². The fraction of sp³-hybridized carbons (Fsp3) is 0.273. The Hall–Kier alpha value is -2.05. The van der Waals surface area contributed by atoms with Gasteiger partial charge in [0.2, 0.25) is 0 Å². The standard InChI is InChI=1S/C11H11F3N4/c1-15-10-4-8(11(12,13)14)3-9(17-10)7-5-16-18(2)6-7/h3-6H,1-2H3,(H,15,17). The molecule has 0 unspecified atom stereocenters. The zero-order valence-corrected chi connectivity index (χ0v) is 9.78. The number of hydrogen-bond acceptors (Lipinski definition) is 3. The lowest BCUT2D eigenvalue weighted by atomic mass is 10.1. The fourth-order valence-electron chi connectivity index (χ4n) is 1.52. The molecule has 0 amide bonds. The number of alkyl halides is 3. The number of hydrogen-bond donors (Lipinski definition) is 1. The third-order valence-corrected chi connectivity index (χ3v) is 2.41. The van der Waals surface area contributed by atoms with Gasteiger partial charge in [0.25, 0.3) is 0 Å². The summed E-state index contributed by atoms with van der Waals surface area (Å²) in [5, 5.41) is 6.53. The summed E-state index contributed by atoms with van der Waals surface area (Å²) in [6, 6.07) is 1.98. The minimum absolute atomic E-state index is 0.170. The van der Waals surface area contributed by atoms with Crippen molar-refractivity contribution in [2.24, 2.45) is 7.05 Å². The minimum atomic E-state index is -4.40. The van der Waals surface area contributed by atoms with Gasteiger partial charge in [0.15, 0.2) is 0 Å². The van der Waals surface area contributed by atoms with Gasteiger partial charge in [-0.25, -0.2) is 4.98 Å². The molecule has 1 N–H and O–H groups in total. The van der Waals surface area contributed by atoms with Crippen LogP contribution in [0.5, 0.6) is 0 Å². The number of anilines is 1. The van der Waals surface area contributed by atoms with Gasteiger partial charge in [0, 0.05) is 25.9 Å². The van der Waals surface area contributed by atoms with Gasteiger partial charge in [0.05, 0.1) is 17.5 Å². The zero-order valence-electron chi connectivity index (χ0n) is 9.78. The zero-order chi connectivity index (χ0) is 13.3. The summed E-state index contributed by atoms with van der Waals surface area (Å²) in [5.41, 5.74) is 0.0445. The first-order valence-corrected chi connectivity index (χ1v) is 5.16. The monoisotopic (exact) mass is 256 g/mol. The average molecular weight is 256 g/mol. The highest BCUT2D eigenvalue weighted by Gasteiger charge is 2.31. The molecule has 0 saturated carbocycles. The Bertz CT molecular complexity index is 560. The molecule has 0 aliphatic carbocycles. The maximum Gasteiger partial charge on any atom is 0.416 e. The highest BCUT2D eigenvalue weighted by atomic mass is 19.4. The molecule has 2 rings (SSSR count). The van der Waals surface area contributed by atoms with E-state index in [1.54, 1.807) is 13.2 Å². The van der Waals surface area contributed by atoms with Crippen LogP contribution in [0.15, 0.2) is 24.5 Å². The van der Waals surface area contributed by atoms with E-state index in [-0.39, 0.29) is 11.5 Å². The highest BCUT2D eigenvalue weighted by molar-refractivity contribution is 5.61. The summed E-state index contributed by atoms with van der Waals surface area (Å²) in [6.45, 7) is 0. The van der Waals surface area contributed by atoms with Crippen LogP contribution < -0.4 is 5.32 Å². The molecule has 2 heterocycles. The number of aryl methyl sites for hydroxylation is 1. The molecule has 2 aromatic rings. The molecule has 96 valence electrons. The fourth-order valence-corrected chi connectivity index (χ4v) is 1.52. The SMILES string of the molecule is CNc1cc(C(F)(F)F)cc(-c2cnn(C)c2)n1. The first-order chi connectivity index (χ1) is 8.40. The normalized spacial score (nSPS) is 11.6. The minimum Gasteiger partial charge on any atom is -0.373 e. The van der Waals surface area contributed by atoms with Crippen LogP contribution in [0.1, 0.15) is 5.56 Å². The van der Waals surface area contributed by atoms with Gasteiger partial charge in [0.1, 0.15) is 5.82 Å². The molecule has 0 fully saturated rings. The van der Waals surface area contributed by atoms with Crippen LogP contribution in [0, 0.1) is 0 Å². The third-order valence-electron chi connectivity index (χ3n) is 2.41. The summed E-state index contributed by atoms with van der Waals surface area (Å²) < 4.78 is 39.7. The van der Waals surface area contributed by atoms with E-state index in [2.05, 4.69) is 15.4 Å². The topological polar surface area (TPSA) is 42.7 Å². The van der Waals surface area contributed by atoms with Crippen LogP contribution in [0.2, 0.25) is 0 Å². The van der Waals surface area contributed by atoms with Crippen LogP contribution >= 0.6 is 0 Å². The first kappa shape index (κ1) is 12.4. The van der Waals surface area contributed by atoms with Crippen LogP contribution in [0.25, 0.3) is 11.3 Å². The second-order valence-corrected chi connectivity index (χ2v) is 3.78.